The largest absolute Gasteiger partial charge is 0.388 e. The van der Waals surface area contributed by atoms with Gasteiger partial charge in [0, 0.05) is 19.5 Å². The van der Waals surface area contributed by atoms with E-state index in [0.717, 1.165) is 12.8 Å². The number of aromatic nitrogens is 2. The first-order valence-electron chi connectivity index (χ1n) is 10.2. The fourth-order valence-electron chi connectivity index (χ4n) is 4.23. The van der Waals surface area contributed by atoms with Crippen molar-refractivity contribution in [3.05, 3.63) is 47.3 Å². The van der Waals surface area contributed by atoms with Gasteiger partial charge in [0.15, 0.2) is 0 Å². The SMILES string of the molecule is CNS(=O)(=O)O[C@@H]1C[C@@H](Nc2cc(N[C@H]3CCc4ccccc43)nc(C)n2)[C@H](O)[C@H]1O. The number of aryl methyl sites for hydroxylation is 2. The highest BCUT2D eigenvalue weighted by molar-refractivity contribution is 7.84. The number of hydrogen-bond donors (Lipinski definition) is 5. The van der Waals surface area contributed by atoms with Gasteiger partial charge in [-0.3, -0.25) is 4.18 Å². The van der Waals surface area contributed by atoms with E-state index in [9.17, 15) is 18.6 Å². The maximum Gasteiger partial charge on any atom is 0.335 e. The Morgan fingerprint density at radius 2 is 1.81 bits per heavy atom. The highest BCUT2D eigenvalue weighted by Gasteiger charge is 2.44. The van der Waals surface area contributed by atoms with Gasteiger partial charge >= 0.3 is 10.3 Å². The summed E-state index contributed by atoms with van der Waals surface area (Å²) in [6.45, 7) is 1.77. The number of benzene rings is 1. The fraction of sp³-hybridized carbons (Fsp3) is 0.500. The Balaban J connectivity index is 1.47. The standard InChI is InChI=1S/C20H27N5O5S/c1-11-22-17(24-14-8-7-12-5-3-4-6-13(12)14)10-18(23-11)25-15-9-16(20(27)19(15)26)30-31(28,29)21-2/h3-6,10,14-16,19-21,26-27H,7-9H2,1-2H3,(H2,22,23,24,25)/t14-,15+,16+,19-,20-/m0/s1. The molecular weight excluding hydrogens is 422 g/mol. The summed E-state index contributed by atoms with van der Waals surface area (Å²) in [6, 6.07) is 9.57. The normalized spacial score (nSPS) is 27.8. The van der Waals surface area contributed by atoms with Crippen LogP contribution in [-0.4, -0.2) is 60.0 Å². The van der Waals surface area contributed by atoms with Gasteiger partial charge in [0.05, 0.1) is 12.1 Å². The predicted octanol–water partition coefficient (Wildman–Crippen LogP) is 0.640. The third-order valence-corrected chi connectivity index (χ3v) is 6.76. The van der Waals surface area contributed by atoms with Gasteiger partial charge in [0.2, 0.25) is 0 Å². The second-order valence-corrected chi connectivity index (χ2v) is 9.39. The van der Waals surface area contributed by atoms with Gasteiger partial charge in [-0.05, 0) is 30.9 Å². The molecule has 10 nitrogen and oxygen atoms in total. The Kier molecular flexibility index (Phi) is 6.13. The lowest BCUT2D eigenvalue weighted by molar-refractivity contribution is -0.00882. The number of aliphatic hydroxyl groups excluding tert-OH is 2. The second-order valence-electron chi connectivity index (χ2n) is 7.88. The minimum absolute atomic E-state index is 0.0883. The quantitative estimate of drug-likeness (QED) is 0.411. The van der Waals surface area contributed by atoms with Gasteiger partial charge in [0.1, 0.15) is 35.8 Å². The van der Waals surface area contributed by atoms with Gasteiger partial charge in [-0.1, -0.05) is 24.3 Å². The van der Waals surface area contributed by atoms with Crippen molar-refractivity contribution in [2.45, 2.75) is 56.6 Å². The van der Waals surface area contributed by atoms with Crippen molar-refractivity contribution < 1.29 is 22.8 Å². The number of aliphatic hydroxyl groups is 2. The summed E-state index contributed by atoms with van der Waals surface area (Å²) in [5, 5.41) is 27.1. The van der Waals surface area contributed by atoms with E-state index >= 15 is 0 Å². The number of fused-ring (bicyclic) bond motifs is 1. The van der Waals surface area contributed by atoms with Crippen LogP contribution in [0.4, 0.5) is 11.6 Å². The van der Waals surface area contributed by atoms with Crippen molar-refractivity contribution in [3.8, 4) is 0 Å². The van der Waals surface area contributed by atoms with Crippen molar-refractivity contribution in [2.75, 3.05) is 17.7 Å². The molecule has 168 valence electrons. The summed E-state index contributed by atoms with van der Waals surface area (Å²) < 4.78 is 30.2. The lowest BCUT2D eigenvalue weighted by Gasteiger charge is -2.20. The molecular formula is C20H27N5O5S. The van der Waals surface area contributed by atoms with Crippen LogP contribution in [0.2, 0.25) is 0 Å². The number of rotatable bonds is 7. The lowest BCUT2D eigenvalue weighted by Crippen LogP contribution is -2.38. The Labute approximate surface area is 181 Å². The average Bonchev–Trinajstić information content (AvgIpc) is 3.24. The second kappa shape index (κ2) is 8.67. The minimum atomic E-state index is -3.99. The van der Waals surface area contributed by atoms with E-state index in [-0.39, 0.29) is 12.5 Å². The zero-order valence-electron chi connectivity index (χ0n) is 17.3. The van der Waals surface area contributed by atoms with Crippen LogP contribution in [0, 0.1) is 6.92 Å². The van der Waals surface area contributed by atoms with Gasteiger partial charge < -0.3 is 20.8 Å². The van der Waals surface area contributed by atoms with E-state index in [1.54, 1.807) is 13.0 Å². The minimum Gasteiger partial charge on any atom is -0.388 e. The molecule has 0 amide bonds. The van der Waals surface area contributed by atoms with Crippen LogP contribution in [0.5, 0.6) is 0 Å². The van der Waals surface area contributed by atoms with Crippen LogP contribution >= 0.6 is 0 Å². The maximum absolute atomic E-state index is 11.6. The molecule has 4 rings (SSSR count). The summed E-state index contributed by atoms with van der Waals surface area (Å²) in [7, 11) is -2.78. The van der Waals surface area contributed by atoms with Crippen LogP contribution < -0.4 is 15.4 Å². The molecule has 2 aromatic rings. The topological polar surface area (TPSA) is 146 Å². The van der Waals surface area contributed by atoms with Gasteiger partial charge in [-0.15, -0.1) is 0 Å². The summed E-state index contributed by atoms with van der Waals surface area (Å²) in [4.78, 5) is 8.83. The highest BCUT2D eigenvalue weighted by Crippen LogP contribution is 2.34. The average molecular weight is 450 g/mol. The first-order chi connectivity index (χ1) is 14.8. The fourth-order valence-corrected chi connectivity index (χ4v) is 4.84. The molecule has 1 saturated carbocycles. The molecule has 2 aliphatic rings. The van der Waals surface area contributed by atoms with Crippen LogP contribution in [0.1, 0.15) is 35.8 Å². The zero-order valence-corrected chi connectivity index (χ0v) is 18.1. The van der Waals surface area contributed by atoms with E-state index in [2.05, 4.69) is 32.7 Å². The molecule has 2 aliphatic carbocycles. The molecule has 0 spiro atoms. The van der Waals surface area contributed by atoms with E-state index in [4.69, 9.17) is 4.18 Å². The summed E-state index contributed by atoms with van der Waals surface area (Å²) in [5.41, 5.74) is 2.59. The Bertz CT molecular complexity index is 1050. The first-order valence-corrected chi connectivity index (χ1v) is 11.6. The van der Waals surface area contributed by atoms with Crippen LogP contribution in [0.25, 0.3) is 0 Å². The molecule has 1 aromatic carbocycles. The van der Waals surface area contributed by atoms with Crippen molar-refractivity contribution in [2.24, 2.45) is 0 Å². The lowest BCUT2D eigenvalue weighted by atomic mass is 10.1. The van der Waals surface area contributed by atoms with E-state index in [1.807, 2.05) is 16.9 Å². The molecule has 11 heteroatoms. The number of nitrogens with one attached hydrogen (secondary N) is 3. The summed E-state index contributed by atoms with van der Waals surface area (Å²) in [5.74, 6) is 1.65. The zero-order chi connectivity index (χ0) is 22.2. The summed E-state index contributed by atoms with van der Waals surface area (Å²) in [6.07, 6.45) is -1.57. The molecule has 1 heterocycles. The molecule has 0 aliphatic heterocycles. The van der Waals surface area contributed by atoms with Crippen LogP contribution in [0.3, 0.4) is 0 Å². The van der Waals surface area contributed by atoms with Crippen molar-refractivity contribution in [1.82, 2.24) is 14.7 Å². The smallest absolute Gasteiger partial charge is 0.335 e. The molecule has 0 bridgehead atoms. The molecule has 1 fully saturated rings. The third-order valence-electron chi connectivity index (χ3n) is 5.76. The van der Waals surface area contributed by atoms with Crippen LogP contribution in [-0.2, 0) is 20.9 Å². The molecule has 0 saturated heterocycles. The Morgan fingerprint density at radius 3 is 2.55 bits per heavy atom. The van der Waals surface area contributed by atoms with Crippen LogP contribution in [0.15, 0.2) is 30.3 Å². The Morgan fingerprint density at radius 1 is 1.10 bits per heavy atom. The van der Waals surface area contributed by atoms with Gasteiger partial charge in [0.25, 0.3) is 0 Å². The molecule has 0 radical (unpaired) electrons. The van der Waals surface area contributed by atoms with Crippen molar-refractivity contribution >= 4 is 21.9 Å². The van der Waals surface area contributed by atoms with E-state index < -0.39 is 34.7 Å². The van der Waals surface area contributed by atoms with Crippen molar-refractivity contribution in [3.63, 3.8) is 0 Å². The number of nitrogens with zero attached hydrogens (tertiary/aromatic N) is 2. The first kappa shape index (κ1) is 21.9. The monoisotopic (exact) mass is 449 g/mol. The highest BCUT2D eigenvalue weighted by atomic mass is 32.2. The van der Waals surface area contributed by atoms with Gasteiger partial charge in [-0.25, -0.2) is 9.97 Å². The molecule has 5 N–H and O–H groups in total. The number of anilines is 2. The third kappa shape index (κ3) is 4.80. The summed E-state index contributed by atoms with van der Waals surface area (Å²) >= 11 is 0. The molecule has 1 aromatic heterocycles. The Hall–Kier alpha value is -2.31. The molecule has 0 unspecified atom stereocenters. The maximum atomic E-state index is 11.6. The van der Waals surface area contributed by atoms with Gasteiger partial charge in [-0.2, -0.15) is 13.1 Å². The van der Waals surface area contributed by atoms with E-state index in [1.165, 1.54) is 18.2 Å². The number of hydrogen-bond acceptors (Lipinski definition) is 9. The molecule has 5 atom stereocenters. The molecule has 31 heavy (non-hydrogen) atoms. The van der Waals surface area contributed by atoms with E-state index in [0.29, 0.717) is 17.5 Å². The van der Waals surface area contributed by atoms with Crippen molar-refractivity contribution in [1.29, 1.82) is 0 Å². The predicted molar refractivity (Wildman–Crippen MR) is 115 cm³/mol.